The second-order valence-corrected chi connectivity index (χ2v) is 5.09. The summed E-state index contributed by atoms with van der Waals surface area (Å²) in [5.41, 5.74) is 0. The molecule has 0 saturated carbocycles. The Morgan fingerprint density at radius 3 is 2.65 bits per heavy atom. The highest BCUT2D eigenvalue weighted by Crippen LogP contribution is 2.31. The molecule has 2 rings (SSSR count). The molecule has 0 saturated heterocycles. The number of para-hydroxylation sites is 2. The first kappa shape index (κ1) is 17.4. The number of rotatable bonds is 8. The summed E-state index contributed by atoms with van der Waals surface area (Å²) in [4.78, 5) is 7.68. The number of oxime groups is 1. The highest BCUT2D eigenvalue weighted by molar-refractivity contribution is 5.81. The van der Waals surface area contributed by atoms with Crippen LogP contribution in [0.2, 0.25) is 0 Å². The van der Waals surface area contributed by atoms with Gasteiger partial charge in [0.15, 0.2) is 11.5 Å². The highest BCUT2D eigenvalue weighted by atomic mass is 16.7. The van der Waals surface area contributed by atoms with Crippen LogP contribution >= 0.6 is 0 Å². The standard InChI is InChI=1S/C17H26N2O4/c1-4-19(5-2)11-12-22-18-17(20-6-3)16-13-21-14-9-7-8-10-15(14)23-16/h7-10,16H,4-6,11-13H2,1-3H3/b18-17-. The first-order valence-corrected chi connectivity index (χ1v) is 8.21. The zero-order valence-corrected chi connectivity index (χ0v) is 14.2. The second kappa shape index (κ2) is 9.25. The third-order valence-corrected chi connectivity index (χ3v) is 3.62. The van der Waals surface area contributed by atoms with Gasteiger partial charge in [0.1, 0.15) is 13.2 Å². The number of likely N-dealkylation sites (N-methyl/N-ethyl adjacent to an activating group) is 1. The minimum atomic E-state index is -0.390. The number of ether oxygens (including phenoxy) is 3. The van der Waals surface area contributed by atoms with Gasteiger partial charge in [-0.1, -0.05) is 26.0 Å². The van der Waals surface area contributed by atoms with E-state index in [-0.39, 0.29) is 0 Å². The summed E-state index contributed by atoms with van der Waals surface area (Å²) < 4.78 is 17.2. The topological polar surface area (TPSA) is 52.5 Å². The van der Waals surface area contributed by atoms with Gasteiger partial charge in [0, 0.05) is 6.54 Å². The molecule has 128 valence electrons. The van der Waals surface area contributed by atoms with E-state index in [4.69, 9.17) is 19.0 Å². The molecule has 1 atom stereocenters. The maximum atomic E-state index is 5.90. The Morgan fingerprint density at radius 2 is 1.96 bits per heavy atom. The van der Waals surface area contributed by atoms with Crippen LogP contribution in [0.5, 0.6) is 11.5 Å². The Bertz CT molecular complexity index is 503. The minimum Gasteiger partial charge on any atom is -0.485 e. The van der Waals surface area contributed by atoms with Gasteiger partial charge in [-0.2, -0.15) is 0 Å². The number of hydrogen-bond donors (Lipinski definition) is 0. The number of benzene rings is 1. The van der Waals surface area contributed by atoms with E-state index in [0.717, 1.165) is 25.4 Å². The van der Waals surface area contributed by atoms with Crippen LogP contribution < -0.4 is 9.47 Å². The first-order valence-electron chi connectivity index (χ1n) is 8.21. The molecule has 6 heteroatoms. The largest absolute Gasteiger partial charge is 0.485 e. The summed E-state index contributed by atoms with van der Waals surface area (Å²) in [7, 11) is 0. The van der Waals surface area contributed by atoms with Crippen molar-refractivity contribution >= 4 is 5.90 Å². The van der Waals surface area contributed by atoms with Crippen molar-refractivity contribution in [1.82, 2.24) is 4.90 Å². The van der Waals surface area contributed by atoms with Gasteiger partial charge in [-0.25, -0.2) is 0 Å². The van der Waals surface area contributed by atoms with Gasteiger partial charge in [-0.15, -0.1) is 0 Å². The average molecular weight is 322 g/mol. The van der Waals surface area contributed by atoms with Crippen molar-refractivity contribution in [2.24, 2.45) is 5.16 Å². The van der Waals surface area contributed by atoms with Crippen molar-refractivity contribution in [1.29, 1.82) is 0 Å². The van der Waals surface area contributed by atoms with E-state index in [1.165, 1.54) is 0 Å². The Morgan fingerprint density at radius 1 is 1.22 bits per heavy atom. The third-order valence-electron chi connectivity index (χ3n) is 3.62. The second-order valence-electron chi connectivity index (χ2n) is 5.09. The summed E-state index contributed by atoms with van der Waals surface area (Å²) in [6.45, 7) is 10.4. The van der Waals surface area contributed by atoms with Crippen LogP contribution in [0.15, 0.2) is 29.4 Å². The molecule has 23 heavy (non-hydrogen) atoms. The fraction of sp³-hybridized carbons (Fsp3) is 0.588. The molecule has 1 aliphatic heterocycles. The number of hydrogen-bond acceptors (Lipinski definition) is 6. The molecule has 0 bridgehead atoms. The molecule has 0 amide bonds. The van der Waals surface area contributed by atoms with Crippen LogP contribution in [0, 0.1) is 0 Å². The average Bonchev–Trinajstić information content (AvgIpc) is 2.60. The number of fused-ring (bicyclic) bond motifs is 1. The molecule has 1 heterocycles. The van der Waals surface area contributed by atoms with Crippen molar-refractivity contribution in [3.63, 3.8) is 0 Å². The third kappa shape index (κ3) is 5.03. The van der Waals surface area contributed by atoms with Gasteiger partial charge in [-0.05, 0) is 37.3 Å². The summed E-state index contributed by atoms with van der Waals surface area (Å²) in [6.07, 6.45) is -0.390. The van der Waals surface area contributed by atoms with E-state index in [2.05, 4.69) is 23.9 Å². The van der Waals surface area contributed by atoms with E-state index in [1.54, 1.807) is 0 Å². The van der Waals surface area contributed by atoms with E-state index in [9.17, 15) is 0 Å². The van der Waals surface area contributed by atoms with Crippen LogP contribution in [0.25, 0.3) is 0 Å². The highest BCUT2D eigenvalue weighted by Gasteiger charge is 2.27. The molecule has 0 N–H and O–H groups in total. The Labute approximate surface area is 138 Å². The quantitative estimate of drug-likeness (QED) is 0.319. The van der Waals surface area contributed by atoms with Crippen LogP contribution in [0.1, 0.15) is 20.8 Å². The van der Waals surface area contributed by atoms with Crippen molar-refractivity contribution in [2.45, 2.75) is 26.9 Å². The molecule has 1 aliphatic rings. The molecule has 0 aliphatic carbocycles. The Balaban J connectivity index is 1.92. The van der Waals surface area contributed by atoms with Crippen LogP contribution in [0.4, 0.5) is 0 Å². The summed E-state index contributed by atoms with van der Waals surface area (Å²) in [5, 5.41) is 4.11. The molecule has 0 radical (unpaired) electrons. The molecular formula is C17H26N2O4. The fourth-order valence-electron chi connectivity index (χ4n) is 2.29. The van der Waals surface area contributed by atoms with E-state index >= 15 is 0 Å². The lowest BCUT2D eigenvalue weighted by molar-refractivity contribution is 0.0807. The molecule has 0 aromatic heterocycles. The molecule has 0 spiro atoms. The van der Waals surface area contributed by atoms with Crippen LogP contribution in [-0.2, 0) is 9.57 Å². The summed E-state index contributed by atoms with van der Waals surface area (Å²) >= 11 is 0. The number of nitrogens with zero attached hydrogens (tertiary/aromatic N) is 2. The maximum Gasteiger partial charge on any atom is 0.270 e. The lowest BCUT2D eigenvalue weighted by atomic mass is 10.2. The molecule has 6 nitrogen and oxygen atoms in total. The van der Waals surface area contributed by atoms with Crippen molar-refractivity contribution in [3.8, 4) is 11.5 Å². The summed E-state index contributed by atoms with van der Waals surface area (Å²) in [5.74, 6) is 1.85. The van der Waals surface area contributed by atoms with Crippen LogP contribution in [0.3, 0.4) is 0 Å². The molecule has 1 aromatic rings. The first-order chi connectivity index (χ1) is 11.3. The summed E-state index contributed by atoms with van der Waals surface area (Å²) in [6, 6.07) is 7.56. The van der Waals surface area contributed by atoms with Gasteiger partial charge in [0.2, 0.25) is 6.10 Å². The lowest BCUT2D eigenvalue weighted by Crippen LogP contribution is -2.38. The Kier molecular flexibility index (Phi) is 7.00. The van der Waals surface area contributed by atoms with Gasteiger partial charge in [0.25, 0.3) is 5.90 Å². The molecule has 1 unspecified atom stereocenters. The van der Waals surface area contributed by atoms with Crippen molar-refractivity contribution in [2.75, 3.05) is 39.5 Å². The maximum absolute atomic E-state index is 5.90. The smallest absolute Gasteiger partial charge is 0.270 e. The van der Waals surface area contributed by atoms with E-state index < -0.39 is 6.10 Å². The van der Waals surface area contributed by atoms with Gasteiger partial charge < -0.3 is 23.9 Å². The molecule has 1 aromatic carbocycles. The zero-order chi connectivity index (χ0) is 16.5. The van der Waals surface area contributed by atoms with E-state index in [0.29, 0.717) is 31.5 Å². The van der Waals surface area contributed by atoms with Crippen LogP contribution in [-0.4, -0.2) is 56.4 Å². The fourth-order valence-corrected chi connectivity index (χ4v) is 2.29. The van der Waals surface area contributed by atoms with Gasteiger partial charge in [0.05, 0.1) is 6.61 Å². The predicted octanol–water partition coefficient (Wildman–Crippen LogP) is 2.53. The van der Waals surface area contributed by atoms with Crippen molar-refractivity contribution in [3.05, 3.63) is 24.3 Å². The zero-order valence-electron chi connectivity index (χ0n) is 14.2. The van der Waals surface area contributed by atoms with Gasteiger partial charge in [-0.3, -0.25) is 0 Å². The normalized spacial score (nSPS) is 17.2. The lowest BCUT2D eigenvalue weighted by Gasteiger charge is -2.26. The minimum absolute atomic E-state index is 0.356. The molecule has 0 fully saturated rings. The van der Waals surface area contributed by atoms with Gasteiger partial charge >= 0.3 is 0 Å². The van der Waals surface area contributed by atoms with E-state index in [1.807, 2.05) is 31.2 Å². The SMILES string of the molecule is CCO/C(=N\OCCN(CC)CC)C1COc2ccccc2O1. The predicted molar refractivity (Wildman–Crippen MR) is 89.2 cm³/mol. The Hall–Kier alpha value is -1.95. The van der Waals surface area contributed by atoms with Crippen molar-refractivity contribution < 1.29 is 19.0 Å². The monoisotopic (exact) mass is 322 g/mol. The molecular weight excluding hydrogens is 296 g/mol.